The van der Waals surface area contributed by atoms with Crippen molar-refractivity contribution in [3.63, 3.8) is 0 Å². The summed E-state index contributed by atoms with van der Waals surface area (Å²) >= 11 is 0. The van der Waals surface area contributed by atoms with Gasteiger partial charge in [0.25, 0.3) is 0 Å². The van der Waals surface area contributed by atoms with Crippen molar-refractivity contribution in [2.45, 2.75) is 70.8 Å². The van der Waals surface area contributed by atoms with E-state index in [2.05, 4.69) is 0 Å². The molecule has 2 heteroatoms. The third-order valence-corrected chi connectivity index (χ3v) is 2.80. The first-order valence-corrected chi connectivity index (χ1v) is 6.02. The summed E-state index contributed by atoms with van der Waals surface area (Å²) in [7, 11) is 0. The van der Waals surface area contributed by atoms with Crippen molar-refractivity contribution < 1.29 is 9.53 Å². The van der Waals surface area contributed by atoms with Crippen LogP contribution in [0.15, 0.2) is 0 Å². The second kappa shape index (κ2) is 6.86. The van der Waals surface area contributed by atoms with Gasteiger partial charge in [0.05, 0.1) is 0 Å². The fraction of sp³-hybridized carbons (Fsp3) is 0.917. The third kappa shape index (κ3) is 4.64. The largest absolute Gasteiger partial charge is 0.462 e. The van der Waals surface area contributed by atoms with Crippen LogP contribution in [0.25, 0.3) is 0 Å². The van der Waals surface area contributed by atoms with Gasteiger partial charge in [-0.25, -0.2) is 0 Å². The Labute approximate surface area is 87.0 Å². The Bertz CT molecular complexity index is 158. The minimum atomic E-state index is -0.00178. The number of carbonyl (C=O) groups excluding carboxylic acids is 1. The number of rotatable bonds is 3. The molecule has 0 aliphatic heterocycles. The molecule has 0 heterocycles. The molecule has 82 valence electrons. The van der Waals surface area contributed by atoms with Gasteiger partial charge in [0.1, 0.15) is 6.10 Å². The van der Waals surface area contributed by atoms with Gasteiger partial charge < -0.3 is 4.74 Å². The summed E-state index contributed by atoms with van der Waals surface area (Å²) in [6, 6.07) is 0. The van der Waals surface area contributed by atoms with Gasteiger partial charge in [0, 0.05) is 6.42 Å². The van der Waals surface area contributed by atoms with Crippen LogP contribution in [0.2, 0.25) is 0 Å². The minimum Gasteiger partial charge on any atom is -0.462 e. The summed E-state index contributed by atoms with van der Waals surface area (Å²) in [4.78, 5) is 11.3. The SMILES string of the molecule is CCCC(=O)OC1CCCCCCC1. The first kappa shape index (κ1) is 11.5. The molecule has 1 aliphatic carbocycles. The van der Waals surface area contributed by atoms with E-state index in [9.17, 15) is 4.79 Å². The van der Waals surface area contributed by atoms with Gasteiger partial charge in [-0.3, -0.25) is 4.79 Å². The van der Waals surface area contributed by atoms with Gasteiger partial charge in [-0.2, -0.15) is 0 Å². The van der Waals surface area contributed by atoms with E-state index in [-0.39, 0.29) is 12.1 Å². The van der Waals surface area contributed by atoms with Crippen molar-refractivity contribution in [1.82, 2.24) is 0 Å². The van der Waals surface area contributed by atoms with E-state index in [1.807, 2.05) is 6.92 Å². The molecule has 14 heavy (non-hydrogen) atoms. The molecule has 1 aliphatic rings. The Morgan fingerprint density at radius 1 is 1.14 bits per heavy atom. The maximum atomic E-state index is 11.3. The van der Waals surface area contributed by atoms with Crippen molar-refractivity contribution in [3.05, 3.63) is 0 Å². The monoisotopic (exact) mass is 198 g/mol. The van der Waals surface area contributed by atoms with Gasteiger partial charge in [0.15, 0.2) is 0 Å². The standard InChI is InChI=1S/C12H22O2/c1-2-8-12(13)14-11-9-6-4-3-5-7-10-11/h11H,2-10H2,1H3. The van der Waals surface area contributed by atoms with Crippen molar-refractivity contribution >= 4 is 5.97 Å². The zero-order chi connectivity index (χ0) is 10.2. The maximum absolute atomic E-state index is 11.3. The van der Waals surface area contributed by atoms with E-state index in [0.29, 0.717) is 6.42 Å². The Balaban J connectivity index is 2.22. The number of hydrogen-bond acceptors (Lipinski definition) is 2. The minimum absolute atomic E-state index is 0.00178. The zero-order valence-electron chi connectivity index (χ0n) is 9.26. The molecule has 1 saturated carbocycles. The van der Waals surface area contributed by atoms with Gasteiger partial charge in [0.2, 0.25) is 0 Å². The fourth-order valence-corrected chi connectivity index (χ4v) is 1.99. The predicted octanol–water partition coefficient (Wildman–Crippen LogP) is 3.44. The van der Waals surface area contributed by atoms with Crippen LogP contribution in [0, 0.1) is 0 Å². The third-order valence-electron chi connectivity index (χ3n) is 2.80. The lowest BCUT2D eigenvalue weighted by molar-refractivity contribution is -0.150. The Morgan fingerprint density at radius 2 is 1.71 bits per heavy atom. The molecule has 1 fully saturated rings. The average molecular weight is 198 g/mol. The molecule has 0 spiro atoms. The van der Waals surface area contributed by atoms with Gasteiger partial charge >= 0.3 is 5.97 Å². The summed E-state index contributed by atoms with van der Waals surface area (Å²) in [5, 5.41) is 0. The average Bonchev–Trinajstić information content (AvgIpc) is 2.10. The molecule has 0 radical (unpaired) electrons. The molecule has 0 aromatic heterocycles. The lowest BCUT2D eigenvalue weighted by Gasteiger charge is -2.19. The molecular formula is C12H22O2. The normalized spacial score (nSPS) is 19.8. The second-order valence-electron chi connectivity index (χ2n) is 4.21. The lowest BCUT2D eigenvalue weighted by atomic mass is 9.98. The molecule has 0 aromatic carbocycles. The highest BCUT2D eigenvalue weighted by atomic mass is 16.5. The number of esters is 1. The van der Waals surface area contributed by atoms with Gasteiger partial charge in [-0.05, 0) is 32.1 Å². The van der Waals surface area contributed by atoms with Crippen molar-refractivity contribution in [3.8, 4) is 0 Å². The van der Waals surface area contributed by atoms with Gasteiger partial charge in [-0.1, -0.05) is 26.2 Å². The Hall–Kier alpha value is -0.530. The molecule has 2 nitrogen and oxygen atoms in total. The van der Waals surface area contributed by atoms with E-state index in [0.717, 1.165) is 19.3 Å². The Kier molecular flexibility index (Phi) is 5.65. The number of carbonyl (C=O) groups is 1. The van der Waals surface area contributed by atoms with Crippen LogP contribution in [0.1, 0.15) is 64.7 Å². The molecular weight excluding hydrogens is 176 g/mol. The van der Waals surface area contributed by atoms with Crippen LogP contribution in [-0.4, -0.2) is 12.1 Å². The first-order valence-electron chi connectivity index (χ1n) is 6.02. The molecule has 0 N–H and O–H groups in total. The van der Waals surface area contributed by atoms with E-state index >= 15 is 0 Å². The van der Waals surface area contributed by atoms with Gasteiger partial charge in [-0.15, -0.1) is 0 Å². The van der Waals surface area contributed by atoms with Crippen molar-refractivity contribution in [1.29, 1.82) is 0 Å². The summed E-state index contributed by atoms with van der Waals surface area (Å²) in [6.07, 6.45) is 10.3. The van der Waals surface area contributed by atoms with E-state index < -0.39 is 0 Å². The molecule has 0 amide bonds. The van der Waals surface area contributed by atoms with E-state index in [4.69, 9.17) is 4.74 Å². The highest BCUT2D eigenvalue weighted by Crippen LogP contribution is 2.19. The first-order chi connectivity index (χ1) is 6.83. The molecule has 0 bridgehead atoms. The lowest BCUT2D eigenvalue weighted by Crippen LogP contribution is -2.19. The van der Waals surface area contributed by atoms with Crippen molar-refractivity contribution in [2.75, 3.05) is 0 Å². The smallest absolute Gasteiger partial charge is 0.306 e. The summed E-state index contributed by atoms with van der Waals surface area (Å²) < 4.78 is 5.43. The van der Waals surface area contributed by atoms with E-state index in [1.54, 1.807) is 0 Å². The maximum Gasteiger partial charge on any atom is 0.306 e. The molecule has 0 atom stereocenters. The summed E-state index contributed by atoms with van der Waals surface area (Å²) in [6.45, 7) is 2.01. The predicted molar refractivity (Wildman–Crippen MR) is 57.1 cm³/mol. The van der Waals surface area contributed by atoms with E-state index in [1.165, 1.54) is 32.1 Å². The van der Waals surface area contributed by atoms with Crippen LogP contribution >= 0.6 is 0 Å². The molecule has 0 unspecified atom stereocenters. The fourth-order valence-electron chi connectivity index (χ4n) is 1.99. The van der Waals surface area contributed by atoms with Crippen LogP contribution in [0.3, 0.4) is 0 Å². The molecule has 1 rings (SSSR count). The van der Waals surface area contributed by atoms with Crippen LogP contribution in [0.5, 0.6) is 0 Å². The van der Waals surface area contributed by atoms with Crippen LogP contribution in [0.4, 0.5) is 0 Å². The summed E-state index contributed by atoms with van der Waals surface area (Å²) in [5.74, 6) is -0.00178. The highest BCUT2D eigenvalue weighted by Gasteiger charge is 2.14. The quantitative estimate of drug-likeness (QED) is 0.649. The summed E-state index contributed by atoms with van der Waals surface area (Å²) in [5.41, 5.74) is 0. The second-order valence-corrected chi connectivity index (χ2v) is 4.21. The Morgan fingerprint density at radius 3 is 2.29 bits per heavy atom. The molecule has 0 aromatic rings. The molecule has 0 saturated heterocycles. The van der Waals surface area contributed by atoms with Crippen LogP contribution < -0.4 is 0 Å². The van der Waals surface area contributed by atoms with Crippen molar-refractivity contribution in [2.24, 2.45) is 0 Å². The number of hydrogen-bond donors (Lipinski definition) is 0. The highest BCUT2D eigenvalue weighted by molar-refractivity contribution is 5.69. The topological polar surface area (TPSA) is 26.3 Å². The van der Waals surface area contributed by atoms with Crippen LogP contribution in [-0.2, 0) is 9.53 Å². The zero-order valence-corrected chi connectivity index (χ0v) is 9.26. The number of ether oxygens (including phenoxy) is 1.